The van der Waals surface area contributed by atoms with Gasteiger partial charge in [0.15, 0.2) is 5.96 Å². The number of halogens is 1. The van der Waals surface area contributed by atoms with Crippen molar-refractivity contribution in [1.82, 2.24) is 14.9 Å². The SMILES string of the molecule is CN=C(NCCc1ccccc1)NCc1ccc(S(=O)(=O)N2CCCCC2)s1.I. The Labute approximate surface area is 194 Å². The van der Waals surface area contributed by atoms with E-state index in [9.17, 15) is 8.42 Å². The summed E-state index contributed by atoms with van der Waals surface area (Å²) < 4.78 is 27.5. The van der Waals surface area contributed by atoms with Gasteiger partial charge >= 0.3 is 0 Å². The summed E-state index contributed by atoms with van der Waals surface area (Å²) in [6.07, 6.45) is 3.93. The first-order chi connectivity index (χ1) is 13.6. The van der Waals surface area contributed by atoms with Crippen LogP contribution in [0.15, 0.2) is 51.7 Å². The standard InChI is InChI=1S/C20H28N4O2S2.HI/c1-21-20(22-13-12-17-8-4-2-5-9-17)23-16-18-10-11-19(27-18)28(25,26)24-14-6-3-7-15-24;/h2,4-5,8-11H,3,6-7,12-16H2,1H3,(H2,21,22,23);1H. The van der Waals surface area contributed by atoms with Crippen LogP contribution in [0.4, 0.5) is 0 Å². The number of rotatable bonds is 7. The Morgan fingerprint density at radius 2 is 1.79 bits per heavy atom. The zero-order valence-corrected chi connectivity index (χ0v) is 20.6. The maximum absolute atomic E-state index is 12.8. The molecule has 1 fully saturated rings. The van der Waals surface area contributed by atoms with Gasteiger partial charge in [-0.25, -0.2) is 8.42 Å². The second-order valence-electron chi connectivity index (χ2n) is 6.77. The molecule has 1 saturated heterocycles. The molecule has 0 atom stereocenters. The lowest BCUT2D eigenvalue weighted by Gasteiger charge is -2.25. The zero-order valence-electron chi connectivity index (χ0n) is 16.6. The third kappa shape index (κ3) is 6.94. The Kier molecular flexibility index (Phi) is 9.87. The summed E-state index contributed by atoms with van der Waals surface area (Å²) >= 11 is 1.33. The molecule has 2 N–H and O–H groups in total. The predicted octanol–water partition coefficient (Wildman–Crippen LogP) is 3.45. The molecule has 0 spiro atoms. The summed E-state index contributed by atoms with van der Waals surface area (Å²) in [5.41, 5.74) is 1.27. The average Bonchev–Trinajstić information content (AvgIpc) is 3.22. The first kappa shape index (κ1) is 24.1. The van der Waals surface area contributed by atoms with Crippen LogP contribution in [-0.2, 0) is 23.0 Å². The molecule has 1 aliphatic heterocycles. The van der Waals surface area contributed by atoms with Crippen molar-refractivity contribution < 1.29 is 8.42 Å². The van der Waals surface area contributed by atoms with Crippen molar-refractivity contribution in [3.63, 3.8) is 0 Å². The number of guanidine groups is 1. The van der Waals surface area contributed by atoms with Gasteiger partial charge in [-0.2, -0.15) is 4.31 Å². The fraction of sp³-hybridized carbons (Fsp3) is 0.450. The Balaban J connectivity index is 0.00000300. The lowest BCUT2D eigenvalue weighted by molar-refractivity contribution is 0.347. The smallest absolute Gasteiger partial charge is 0.252 e. The quantitative estimate of drug-likeness (QED) is 0.316. The predicted molar refractivity (Wildman–Crippen MR) is 131 cm³/mol. The molecular formula is C20H29IN4O2S2. The van der Waals surface area contributed by atoms with Gasteiger partial charge in [-0.15, -0.1) is 35.3 Å². The molecule has 0 saturated carbocycles. The largest absolute Gasteiger partial charge is 0.356 e. The number of sulfonamides is 1. The molecule has 0 unspecified atom stereocenters. The first-order valence-electron chi connectivity index (χ1n) is 9.67. The Bertz CT molecular complexity index is 879. The van der Waals surface area contributed by atoms with Crippen LogP contribution in [0, 0.1) is 0 Å². The second kappa shape index (κ2) is 11.9. The van der Waals surface area contributed by atoms with Crippen molar-refractivity contribution in [2.45, 2.75) is 36.4 Å². The van der Waals surface area contributed by atoms with Crippen LogP contribution in [0.25, 0.3) is 0 Å². The number of nitrogens with zero attached hydrogens (tertiary/aromatic N) is 2. The van der Waals surface area contributed by atoms with Crippen LogP contribution in [0.5, 0.6) is 0 Å². The minimum Gasteiger partial charge on any atom is -0.356 e. The van der Waals surface area contributed by atoms with Gasteiger partial charge < -0.3 is 10.6 Å². The Morgan fingerprint density at radius 3 is 2.48 bits per heavy atom. The van der Waals surface area contributed by atoms with Crippen molar-refractivity contribution in [2.75, 3.05) is 26.7 Å². The lowest BCUT2D eigenvalue weighted by Crippen LogP contribution is -2.37. The number of hydrogen-bond acceptors (Lipinski definition) is 4. The first-order valence-corrected chi connectivity index (χ1v) is 11.9. The van der Waals surface area contributed by atoms with Gasteiger partial charge in [0.1, 0.15) is 4.21 Å². The molecule has 1 aromatic carbocycles. The number of piperidine rings is 1. The fourth-order valence-corrected chi connectivity index (χ4v) is 6.15. The molecule has 2 heterocycles. The number of nitrogens with one attached hydrogen (secondary N) is 2. The highest BCUT2D eigenvalue weighted by Crippen LogP contribution is 2.26. The molecule has 29 heavy (non-hydrogen) atoms. The molecule has 160 valence electrons. The summed E-state index contributed by atoms with van der Waals surface area (Å²) in [4.78, 5) is 5.21. The topological polar surface area (TPSA) is 73.8 Å². The lowest BCUT2D eigenvalue weighted by atomic mass is 10.1. The van der Waals surface area contributed by atoms with E-state index in [2.05, 4.69) is 27.8 Å². The van der Waals surface area contributed by atoms with Crippen molar-refractivity contribution >= 4 is 51.3 Å². The molecule has 0 radical (unpaired) electrons. The number of thiophene rings is 1. The third-order valence-electron chi connectivity index (χ3n) is 4.75. The van der Waals surface area contributed by atoms with Gasteiger partial charge in [0.05, 0.1) is 6.54 Å². The van der Waals surface area contributed by atoms with E-state index in [1.54, 1.807) is 17.4 Å². The molecule has 1 aliphatic rings. The summed E-state index contributed by atoms with van der Waals surface area (Å²) in [5, 5.41) is 6.55. The maximum Gasteiger partial charge on any atom is 0.252 e. The number of hydrogen-bond donors (Lipinski definition) is 2. The van der Waals surface area contributed by atoms with Crippen molar-refractivity contribution in [3.05, 3.63) is 52.9 Å². The monoisotopic (exact) mass is 548 g/mol. The molecule has 6 nitrogen and oxygen atoms in total. The highest BCUT2D eigenvalue weighted by Gasteiger charge is 2.27. The Hall–Kier alpha value is -1.17. The molecule has 0 amide bonds. The molecule has 1 aromatic heterocycles. The average molecular weight is 549 g/mol. The minimum absolute atomic E-state index is 0. The van der Waals surface area contributed by atoms with Gasteiger partial charge in [-0.3, -0.25) is 4.99 Å². The van der Waals surface area contributed by atoms with Gasteiger partial charge in [-0.1, -0.05) is 36.8 Å². The highest BCUT2D eigenvalue weighted by atomic mass is 127. The van der Waals surface area contributed by atoms with E-state index in [0.29, 0.717) is 29.8 Å². The summed E-state index contributed by atoms with van der Waals surface area (Å²) in [7, 11) is -1.62. The highest BCUT2D eigenvalue weighted by molar-refractivity contribution is 14.0. The van der Waals surface area contributed by atoms with E-state index in [1.807, 2.05) is 24.3 Å². The normalized spacial score (nSPS) is 15.6. The van der Waals surface area contributed by atoms with Crippen LogP contribution in [0.3, 0.4) is 0 Å². The maximum atomic E-state index is 12.8. The van der Waals surface area contributed by atoms with E-state index in [4.69, 9.17) is 0 Å². The third-order valence-corrected chi connectivity index (χ3v) is 8.20. The van der Waals surface area contributed by atoms with Crippen molar-refractivity contribution in [1.29, 1.82) is 0 Å². The van der Waals surface area contributed by atoms with Gasteiger partial charge in [-0.05, 0) is 37.0 Å². The summed E-state index contributed by atoms with van der Waals surface area (Å²) in [5.74, 6) is 0.713. The van der Waals surface area contributed by atoms with Crippen molar-refractivity contribution in [3.8, 4) is 0 Å². The molecular weight excluding hydrogens is 519 g/mol. The number of benzene rings is 1. The van der Waals surface area contributed by atoms with E-state index in [-0.39, 0.29) is 24.0 Å². The van der Waals surface area contributed by atoms with E-state index in [0.717, 1.165) is 37.1 Å². The van der Waals surface area contributed by atoms with Crippen LogP contribution < -0.4 is 10.6 Å². The van der Waals surface area contributed by atoms with Crippen LogP contribution in [0.1, 0.15) is 29.7 Å². The number of aliphatic imine (C=N–C) groups is 1. The van der Waals surface area contributed by atoms with Crippen LogP contribution in [-0.4, -0.2) is 45.4 Å². The van der Waals surface area contributed by atoms with Gasteiger partial charge in [0.2, 0.25) is 0 Å². The zero-order chi connectivity index (χ0) is 19.8. The molecule has 0 aliphatic carbocycles. The van der Waals surface area contributed by atoms with Crippen LogP contribution >= 0.6 is 35.3 Å². The van der Waals surface area contributed by atoms with Gasteiger partial charge in [0.25, 0.3) is 10.0 Å². The molecule has 9 heteroatoms. The molecule has 2 aromatic rings. The minimum atomic E-state index is -3.35. The second-order valence-corrected chi connectivity index (χ2v) is 10.1. The Morgan fingerprint density at radius 1 is 1.07 bits per heavy atom. The van der Waals surface area contributed by atoms with E-state index in [1.165, 1.54) is 16.9 Å². The van der Waals surface area contributed by atoms with E-state index >= 15 is 0 Å². The van der Waals surface area contributed by atoms with E-state index < -0.39 is 10.0 Å². The van der Waals surface area contributed by atoms with Gasteiger partial charge in [0, 0.05) is 31.6 Å². The summed E-state index contributed by atoms with van der Waals surface area (Å²) in [6, 6.07) is 13.9. The van der Waals surface area contributed by atoms with Crippen molar-refractivity contribution in [2.24, 2.45) is 4.99 Å². The molecule has 0 bridgehead atoms. The summed E-state index contributed by atoms with van der Waals surface area (Å²) in [6.45, 7) is 2.59. The molecule has 3 rings (SSSR count). The fourth-order valence-electron chi connectivity index (χ4n) is 3.19. The van der Waals surface area contributed by atoms with Crippen LogP contribution in [0.2, 0.25) is 0 Å².